The van der Waals surface area contributed by atoms with Crippen molar-refractivity contribution in [1.29, 1.82) is 0 Å². The largest absolute Gasteiger partial charge is 0.370 e. The summed E-state index contributed by atoms with van der Waals surface area (Å²) in [6, 6.07) is 1.69. The van der Waals surface area contributed by atoms with Gasteiger partial charge in [-0.2, -0.15) is 5.10 Å². The van der Waals surface area contributed by atoms with Crippen LogP contribution in [0.2, 0.25) is 0 Å². The molecule has 0 aromatic carbocycles. The van der Waals surface area contributed by atoms with E-state index < -0.39 is 0 Å². The number of nitrogens with one attached hydrogen (secondary N) is 1. The van der Waals surface area contributed by atoms with Gasteiger partial charge in [0.05, 0.1) is 5.69 Å². The maximum absolute atomic E-state index is 11.6. The number of hydrogen-bond donors (Lipinski definition) is 1. The van der Waals surface area contributed by atoms with Crippen molar-refractivity contribution in [2.24, 2.45) is 0 Å². The van der Waals surface area contributed by atoms with Crippen LogP contribution in [0.5, 0.6) is 0 Å². The summed E-state index contributed by atoms with van der Waals surface area (Å²) in [7, 11) is 0. The second kappa shape index (κ2) is 5.43. The van der Waals surface area contributed by atoms with E-state index in [1.807, 2.05) is 0 Å². The van der Waals surface area contributed by atoms with Gasteiger partial charge in [-0.1, -0.05) is 18.2 Å². The molecule has 1 aromatic heterocycles. The second-order valence-corrected chi connectivity index (χ2v) is 5.15. The Bertz CT molecular complexity index is 565. The van der Waals surface area contributed by atoms with Crippen LogP contribution in [-0.4, -0.2) is 23.3 Å². The first kappa shape index (κ1) is 12.2. The molecule has 0 unspecified atom stereocenters. The molecule has 0 amide bonds. The molecule has 4 nitrogen and oxygen atoms in total. The van der Waals surface area contributed by atoms with E-state index >= 15 is 0 Å². The zero-order valence-electron chi connectivity index (χ0n) is 11.1. The van der Waals surface area contributed by atoms with Gasteiger partial charge in [0.2, 0.25) is 0 Å². The number of allylic oxidation sites excluding steroid dienone is 4. The summed E-state index contributed by atoms with van der Waals surface area (Å²) in [6.45, 7) is 2.05. The molecule has 0 saturated carbocycles. The van der Waals surface area contributed by atoms with E-state index in [4.69, 9.17) is 0 Å². The molecule has 1 aromatic rings. The van der Waals surface area contributed by atoms with Crippen LogP contribution in [0.25, 0.3) is 5.57 Å². The lowest BCUT2D eigenvalue weighted by Gasteiger charge is -2.30. The van der Waals surface area contributed by atoms with Gasteiger partial charge in [-0.25, -0.2) is 5.10 Å². The van der Waals surface area contributed by atoms with Gasteiger partial charge in [-0.15, -0.1) is 0 Å². The maximum Gasteiger partial charge on any atom is 0.266 e. The number of aromatic amines is 1. The summed E-state index contributed by atoms with van der Waals surface area (Å²) >= 11 is 0. The maximum atomic E-state index is 11.6. The number of rotatable bonds is 2. The SMILES string of the molecule is O=c1cc(N2CCCCC2)c(C2=CCCC=C2)n[nH]1. The summed E-state index contributed by atoms with van der Waals surface area (Å²) in [5, 5.41) is 6.85. The summed E-state index contributed by atoms with van der Waals surface area (Å²) in [5.41, 5.74) is 2.91. The van der Waals surface area contributed by atoms with Crippen LogP contribution in [0, 0.1) is 0 Å². The second-order valence-electron chi connectivity index (χ2n) is 5.15. The zero-order chi connectivity index (χ0) is 13.1. The first-order valence-corrected chi connectivity index (χ1v) is 7.06. The molecule has 1 aliphatic carbocycles. The average Bonchev–Trinajstić information content (AvgIpc) is 2.49. The lowest BCUT2D eigenvalue weighted by molar-refractivity contribution is 0.576. The highest BCUT2D eigenvalue weighted by Crippen LogP contribution is 2.28. The minimum absolute atomic E-state index is 0.121. The molecule has 3 rings (SSSR count). The fourth-order valence-corrected chi connectivity index (χ4v) is 2.77. The average molecular weight is 257 g/mol. The molecule has 100 valence electrons. The van der Waals surface area contributed by atoms with E-state index in [2.05, 4.69) is 33.3 Å². The molecule has 0 bridgehead atoms. The minimum atomic E-state index is -0.121. The van der Waals surface area contributed by atoms with Gasteiger partial charge in [-0.3, -0.25) is 4.79 Å². The summed E-state index contributed by atoms with van der Waals surface area (Å²) in [6.07, 6.45) is 12.3. The molecule has 19 heavy (non-hydrogen) atoms. The van der Waals surface area contributed by atoms with Crippen LogP contribution in [0.15, 0.2) is 29.1 Å². The lowest BCUT2D eigenvalue weighted by Crippen LogP contribution is -2.31. The molecular formula is C15H19N3O. The van der Waals surface area contributed by atoms with Crippen molar-refractivity contribution >= 4 is 11.3 Å². The topological polar surface area (TPSA) is 49.0 Å². The third-order valence-corrected chi connectivity index (χ3v) is 3.75. The number of piperidine rings is 1. The Morgan fingerprint density at radius 1 is 1.16 bits per heavy atom. The van der Waals surface area contributed by atoms with Crippen molar-refractivity contribution in [3.8, 4) is 0 Å². The van der Waals surface area contributed by atoms with Crippen LogP contribution in [0.4, 0.5) is 5.69 Å². The van der Waals surface area contributed by atoms with Crippen molar-refractivity contribution in [3.05, 3.63) is 40.3 Å². The minimum Gasteiger partial charge on any atom is -0.370 e. The van der Waals surface area contributed by atoms with E-state index in [-0.39, 0.29) is 5.56 Å². The van der Waals surface area contributed by atoms with E-state index in [1.54, 1.807) is 6.07 Å². The molecule has 0 radical (unpaired) electrons. The van der Waals surface area contributed by atoms with Gasteiger partial charge >= 0.3 is 0 Å². The summed E-state index contributed by atoms with van der Waals surface area (Å²) in [4.78, 5) is 13.9. The molecule has 2 aliphatic rings. The van der Waals surface area contributed by atoms with Crippen LogP contribution in [-0.2, 0) is 0 Å². The molecule has 4 heteroatoms. The normalized spacial score (nSPS) is 19.4. The van der Waals surface area contributed by atoms with Gasteiger partial charge < -0.3 is 4.90 Å². The highest BCUT2D eigenvalue weighted by atomic mass is 16.1. The van der Waals surface area contributed by atoms with Crippen molar-refractivity contribution in [3.63, 3.8) is 0 Å². The van der Waals surface area contributed by atoms with E-state index in [9.17, 15) is 4.79 Å². The number of anilines is 1. The molecule has 1 aliphatic heterocycles. The summed E-state index contributed by atoms with van der Waals surface area (Å²) < 4.78 is 0. The van der Waals surface area contributed by atoms with Gasteiger partial charge in [0.1, 0.15) is 5.69 Å². The Morgan fingerprint density at radius 2 is 2.00 bits per heavy atom. The predicted octanol–water partition coefficient (Wildman–Crippen LogP) is 2.49. The Balaban J connectivity index is 2.01. The van der Waals surface area contributed by atoms with Gasteiger partial charge in [-0.05, 0) is 37.7 Å². The quantitative estimate of drug-likeness (QED) is 0.885. The fraction of sp³-hybridized carbons (Fsp3) is 0.467. The van der Waals surface area contributed by atoms with Crippen molar-refractivity contribution < 1.29 is 0 Å². The first-order valence-electron chi connectivity index (χ1n) is 7.06. The molecule has 1 fully saturated rings. The van der Waals surface area contributed by atoms with E-state index in [0.717, 1.165) is 42.9 Å². The van der Waals surface area contributed by atoms with E-state index in [1.165, 1.54) is 19.3 Å². The van der Waals surface area contributed by atoms with Gasteiger partial charge in [0.25, 0.3) is 5.56 Å². The Morgan fingerprint density at radius 3 is 2.74 bits per heavy atom. The number of aromatic nitrogens is 2. The number of hydrogen-bond acceptors (Lipinski definition) is 3. The van der Waals surface area contributed by atoms with Crippen molar-refractivity contribution in [2.75, 3.05) is 18.0 Å². The molecule has 0 atom stereocenters. The highest BCUT2D eigenvalue weighted by molar-refractivity contribution is 5.80. The third-order valence-electron chi connectivity index (χ3n) is 3.75. The van der Waals surface area contributed by atoms with Crippen LogP contribution in [0.3, 0.4) is 0 Å². The van der Waals surface area contributed by atoms with Crippen LogP contribution < -0.4 is 10.5 Å². The van der Waals surface area contributed by atoms with Crippen molar-refractivity contribution in [1.82, 2.24) is 10.2 Å². The van der Waals surface area contributed by atoms with E-state index in [0.29, 0.717) is 0 Å². The standard InChI is InChI=1S/C15H19N3O/c19-14-11-13(18-9-5-2-6-10-18)15(17-16-14)12-7-3-1-4-8-12/h3,7-8,11H,1-2,4-6,9-10H2,(H,16,19). The Hall–Kier alpha value is -1.84. The molecule has 0 spiro atoms. The molecule has 1 saturated heterocycles. The number of nitrogens with zero attached hydrogens (tertiary/aromatic N) is 2. The predicted molar refractivity (Wildman–Crippen MR) is 77.3 cm³/mol. The molecule has 2 heterocycles. The monoisotopic (exact) mass is 257 g/mol. The van der Waals surface area contributed by atoms with Gasteiger partial charge in [0, 0.05) is 19.2 Å². The lowest BCUT2D eigenvalue weighted by atomic mass is 10.0. The number of H-pyrrole nitrogens is 1. The third kappa shape index (κ3) is 2.62. The molecule has 1 N–H and O–H groups in total. The molecular weight excluding hydrogens is 238 g/mol. The smallest absolute Gasteiger partial charge is 0.266 e. The highest BCUT2D eigenvalue weighted by Gasteiger charge is 2.18. The van der Waals surface area contributed by atoms with Crippen LogP contribution >= 0.6 is 0 Å². The zero-order valence-corrected chi connectivity index (χ0v) is 11.1. The van der Waals surface area contributed by atoms with Crippen LogP contribution in [0.1, 0.15) is 37.8 Å². The summed E-state index contributed by atoms with van der Waals surface area (Å²) in [5.74, 6) is 0. The first-order chi connectivity index (χ1) is 9.34. The fourth-order valence-electron chi connectivity index (χ4n) is 2.77. The Labute approximate surface area is 112 Å². The van der Waals surface area contributed by atoms with Gasteiger partial charge in [0.15, 0.2) is 0 Å². The van der Waals surface area contributed by atoms with Crippen molar-refractivity contribution in [2.45, 2.75) is 32.1 Å². The Kier molecular flexibility index (Phi) is 3.49.